The van der Waals surface area contributed by atoms with Crippen LogP contribution < -0.4 is 31.3 Å². The van der Waals surface area contributed by atoms with Crippen molar-refractivity contribution in [2.24, 2.45) is 0 Å². The van der Waals surface area contributed by atoms with Gasteiger partial charge in [-0.15, -0.1) is 0 Å². The number of likely N-dealkylation sites (N-methyl/N-ethyl adjacent to an activating group) is 1. The first-order valence-electron chi connectivity index (χ1n) is 18.3. The van der Waals surface area contributed by atoms with E-state index in [1.165, 1.54) is 32.4 Å². The van der Waals surface area contributed by atoms with Gasteiger partial charge in [0.1, 0.15) is 42.8 Å². The number of hydrogen-bond acceptors (Lipinski definition) is 16. The molecular weight excluding hydrogens is 760 g/mol. The molecule has 1 aromatic carbocycles. The second-order valence-electron chi connectivity index (χ2n) is 12.7. The highest BCUT2D eigenvalue weighted by atomic mass is 16.7. The van der Waals surface area contributed by atoms with Crippen molar-refractivity contribution in [1.29, 1.82) is 0 Å². The van der Waals surface area contributed by atoms with Gasteiger partial charge in [-0.1, -0.05) is 6.07 Å². The van der Waals surface area contributed by atoms with Crippen LogP contribution in [0, 0.1) is 0 Å². The maximum Gasteiger partial charge on any atom is 0.335 e. The van der Waals surface area contributed by atoms with Crippen LogP contribution in [0.3, 0.4) is 0 Å². The number of carbonyl (C=O) groups is 8. The number of hydrogen-bond donors (Lipinski definition) is 9. The Bertz CT molecular complexity index is 1680. The summed E-state index contributed by atoms with van der Waals surface area (Å²) < 4.78 is 27.3. The number of unbranched alkanes of at least 4 members (excludes halogenated alkanes) is 1. The minimum atomic E-state index is -2.00. The van der Waals surface area contributed by atoms with Crippen molar-refractivity contribution in [2.75, 3.05) is 45.7 Å². The van der Waals surface area contributed by atoms with Gasteiger partial charge in [0.2, 0.25) is 29.9 Å². The summed E-state index contributed by atoms with van der Waals surface area (Å²) in [6, 6.07) is 1.33. The van der Waals surface area contributed by atoms with Crippen molar-refractivity contribution in [1.82, 2.24) is 26.2 Å². The van der Waals surface area contributed by atoms with E-state index in [0.29, 0.717) is 12.8 Å². The molecule has 314 valence electrons. The first-order valence-corrected chi connectivity index (χ1v) is 17.8. The number of carboxylic acids is 1. The van der Waals surface area contributed by atoms with E-state index in [1.807, 2.05) is 0 Å². The number of aliphatic hydroxyl groups excluding tert-OH is 3. The molecule has 1 unspecified atom stereocenters. The normalized spacial score (nSPS) is 21.5. The lowest BCUT2D eigenvalue weighted by Gasteiger charge is -2.38. The summed E-state index contributed by atoms with van der Waals surface area (Å²) >= 11 is 0. The first kappa shape index (κ1) is 44.2. The van der Waals surface area contributed by atoms with Gasteiger partial charge in [-0.25, -0.2) is 4.79 Å². The topological polar surface area (TPSA) is 318 Å². The van der Waals surface area contributed by atoms with Crippen molar-refractivity contribution in [2.45, 2.75) is 81.5 Å². The second-order valence-corrected chi connectivity index (χ2v) is 12.7. The number of ether oxygens (including phenoxy) is 4. The van der Waals surface area contributed by atoms with Crippen LogP contribution >= 0.6 is 0 Å². The number of methoxy groups -OCH3 is 1. The molecule has 2 aliphatic heterocycles. The molecule has 22 heteroatoms. The molecule has 1 saturated heterocycles. The highest BCUT2D eigenvalue weighted by molar-refractivity contribution is 6.15. The van der Waals surface area contributed by atoms with E-state index in [-0.39, 0.29) is 68.4 Å². The molecule has 2 aliphatic rings. The molecule has 1 aromatic rings. The zero-order chi connectivity index (χ0) is 42.9. The lowest BCUT2D eigenvalue weighted by Crippen LogP contribution is -2.61. The highest BCUT2D eigenvalue weighted by Gasteiger charge is 2.48. The Morgan fingerprint density at radius 3 is 2.33 bits per heavy atom. The summed E-state index contributed by atoms with van der Waals surface area (Å²) in [6.07, 6.45) is -8.51. The van der Waals surface area contributed by atoms with Crippen LogP contribution in [-0.4, -0.2) is 156 Å². The molecule has 0 spiro atoms. The van der Waals surface area contributed by atoms with Crippen molar-refractivity contribution < 1.29 is 79.1 Å². The van der Waals surface area contributed by atoms with Crippen LogP contribution in [0.4, 0.5) is 5.69 Å². The molecule has 22 nitrogen and oxygen atoms in total. The number of carboxylic acid groups (broad SMARTS) is 1. The van der Waals surface area contributed by atoms with Gasteiger partial charge < -0.3 is 66.0 Å². The Morgan fingerprint density at radius 1 is 0.965 bits per heavy atom. The maximum absolute atomic E-state index is 13.4. The summed E-state index contributed by atoms with van der Waals surface area (Å²) in [5.74, 6) is -5.81. The predicted molar refractivity (Wildman–Crippen MR) is 192 cm³/mol. The Hall–Kier alpha value is -5.52. The van der Waals surface area contributed by atoms with Gasteiger partial charge in [0.05, 0.1) is 12.3 Å². The van der Waals surface area contributed by atoms with Crippen LogP contribution in [0.1, 0.15) is 39.0 Å². The minimum Gasteiger partial charge on any atom is -0.479 e. The lowest BCUT2D eigenvalue weighted by atomic mass is 9.99. The summed E-state index contributed by atoms with van der Waals surface area (Å²) in [5.41, 5.74) is 0.118. The molecular formula is C35H48N6O16. The number of aliphatic hydroxyl groups is 3. The van der Waals surface area contributed by atoms with Gasteiger partial charge in [0.25, 0.3) is 18.3 Å². The van der Waals surface area contributed by atoms with E-state index in [4.69, 9.17) is 15.6 Å². The average Bonchev–Trinajstić information content (AvgIpc) is 3.51. The molecule has 7 atom stereocenters. The SMILES string of the molecule is [2H]C(=O)OCc1ccc(OC2O[C@H](C(=O)O)[C@@H](O)[C@H](O)[C@H]2O)c(NC(=O)CCNC(=O)[C@H](CCCCNC(=O)CCOC)NC(=O)[C@@H](CNC)N2C(=O)C=CC2=O)c1. The molecule has 0 aliphatic carbocycles. The fourth-order valence-corrected chi connectivity index (χ4v) is 5.62. The quantitative estimate of drug-likeness (QED) is 0.0293. The highest BCUT2D eigenvalue weighted by Crippen LogP contribution is 2.31. The Morgan fingerprint density at radius 2 is 1.68 bits per heavy atom. The van der Waals surface area contributed by atoms with E-state index in [2.05, 4.69) is 31.3 Å². The number of carbonyl (C=O) groups excluding carboxylic acids is 7. The summed E-state index contributed by atoms with van der Waals surface area (Å²) in [6.45, 7) is -0.321. The van der Waals surface area contributed by atoms with E-state index >= 15 is 0 Å². The molecule has 1 fully saturated rings. The average molecular weight is 810 g/mol. The van der Waals surface area contributed by atoms with Gasteiger partial charge >= 0.3 is 5.97 Å². The number of nitrogens with zero attached hydrogens (tertiary/aromatic N) is 1. The third kappa shape index (κ3) is 13.6. The molecule has 0 aromatic heterocycles. The third-order valence-electron chi connectivity index (χ3n) is 8.59. The number of amides is 6. The predicted octanol–water partition coefficient (Wildman–Crippen LogP) is -3.60. The van der Waals surface area contributed by atoms with Gasteiger partial charge in [-0.3, -0.25) is 38.5 Å². The van der Waals surface area contributed by atoms with Crippen molar-refractivity contribution in [3.8, 4) is 5.75 Å². The first-order chi connectivity index (χ1) is 27.6. The molecule has 3 rings (SSSR count). The van der Waals surface area contributed by atoms with Gasteiger partial charge in [-0.2, -0.15) is 0 Å². The molecule has 9 N–H and O–H groups in total. The number of benzene rings is 1. The van der Waals surface area contributed by atoms with Crippen molar-refractivity contribution in [3.63, 3.8) is 0 Å². The number of anilines is 1. The summed E-state index contributed by atoms with van der Waals surface area (Å²) in [7, 11) is 2.97. The van der Waals surface area contributed by atoms with E-state index < -0.39 is 91.3 Å². The molecule has 2 heterocycles. The molecule has 0 bridgehead atoms. The lowest BCUT2D eigenvalue weighted by molar-refractivity contribution is -0.271. The Kier molecular flexibility index (Phi) is 17.7. The number of rotatable bonds is 23. The van der Waals surface area contributed by atoms with E-state index in [9.17, 15) is 58.8 Å². The van der Waals surface area contributed by atoms with Gasteiger partial charge in [-0.05, 0) is 44.0 Å². The maximum atomic E-state index is 13.4. The van der Waals surface area contributed by atoms with Crippen LogP contribution in [0.15, 0.2) is 30.4 Å². The Labute approximate surface area is 327 Å². The van der Waals surface area contributed by atoms with Gasteiger partial charge in [0, 0.05) is 51.7 Å². The number of nitrogens with one attached hydrogen (secondary N) is 5. The Balaban J connectivity index is 1.71. The summed E-state index contributed by atoms with van der Waals surface area (Å²) in [5, 5.41) is 53.1. The molecule has 0 saturated carbocycles. The minimum absolute atomic E-state index is 0.0596. The van der Waals surface area contributed by atoms with Crippen LogP contribution in [-0.2, 0) is 59.2 Å². The third-order valence-corrected chi connectivity index (χ3v) is 8.59. The number of imide groups is 1. The van der Waals surface area contributed by atoms with Crippen LogP contribution in [0.2, 0.25) is 0 Å². The van der Waals surface area contributed by atoms with E-state index in [1.54, 1.807) is 0 Å². The van der Waals surface area contributed by atoms with Crippen LogP contribution in [0.25, 0.3) is 0 Å². The number of aliphatic carboxylic acids is 1. The second kappa shape index (κ2) is 22.9. The monoisotopic (exact) mass is 809 g/mol. The fourth-order valence-electron chi connectivity index (χ4n) is 5.62. The van der Waals surface area contributed by atoms with Crippen LogP contribution in [0.5, 0.6) is 5.75 Å². The summed E-state index contributed by atoms with van der Waals surface area (Å²) in [4.78, 5) is 100.0. The zero-order valence-electron chi connectivity index (χ0n) is 32.1. The van der Waals surface area contributed by atoms with Gasteiger partial charge in [0.15, 0.2) is 7.47 Å². The van der Waals surface area contributed by atoms with Crippen molar-refractivity contribution in [3.05, 3.63) is 35.9 Å². The fraction of sp³-hybridized carbons (Fsp3) is 0.543. The molecule has 6 amide bonds. The zero-order valence-corrected chi connectivity index (χ0v) is 31.1. The largest absolute Gasteiger partial charge is 0.479 e. The molecule has 0 radical (unpaired) electrons. The van der Waals surface area contributed by atoms with Crippen molar-refractivity contribution >= 4 is 53.5 Å². The van der Waals surface area contributed by atoms with E-state index in [0.717, 1.165) is 17.1 Å². The molecule has 57 heavy (non-hydrogen) atoms. The smallest absolute Gasteiger partial charge is 0.335 e. The standard InChI is InChI=1S/C35H48N6O16/c1-36-16-22(41-26(45)8-9-27(41)46)33(51)40-20(5-3-4-12-37-24(43)11-14-54-2)32(50)38-13-10-25(44)39-21-15-19(17-55-18-42)6-7-23(21)56-35-30(49)28(47)29(48)31(57-35)34(52)53/h6-9,15,18,20,22,28-31,35-36,47-49H,3-5,10-14,16-17H2,1-2H3,(H,37,43)(H,38,50)(H,39,44)(H,40,51)(H,52,53)/t20-,22+,28-,29-,30+,31-,35?/m0/s1/i18D.